The zero-order valence-corrected chi connectivity index (χ0v) is 10.6. The van der Waals surface area contributed by atoms with Gasteiger partial charge in [0.25, 0.3) is 0 Å². The lowest BCUT2D eigenvalue weighted by atomic mass is 10.1. The van der Waals surface area contributed by atoms with E-state index < -0.39 is 0 Å². The van der Waals surface area contributed by atoms with Crippen molar-refractivity contribution in [2.24, 2.45) is 5.92 Å². The van der Waals surface area contributed by atoms with Gasteiger partial charge in [-0.3, -0.25) is 4.90 Å². The highest BCUT2D eigenvalue weighted by Crippen LogP contribution is 2.23. The number of thiophene rings is 1. The van der Waals surface area contributed by atoms with Crippen LogP contribution in [-0.2, 0) is 11.3 Å². The third kappa shape index (κ3) is 3.43. The summed E-state index contributed by atoms with van der Waals surface area (Å²) >= 11 is 7.52. The van der Waals surface area contributed by atoms with Crippen LogP contribution < -0.4 is 0 Å². The summed E-state index contributed by atoms with van der Waals surface area (Å²) in [5.41, 5.74) is 0. The van der Waals surface area contributed by atoms with E-state index in [2.05, 4.69) is 11.0 Å². The van der Waals surface area contributed by atoms with Gasteiger partial charge in [0.05, 0.1) is 17.6 Å². The standard InChI is InChI=1S/C11H16ClNO2S/c12-11-2-1-10(16-11)6-13-3-4-15-8-9(5-13)7-14/h1-2,9,14H,3-8H2. The number of aliphatic hydroxyl groups excluding tert-OH is 1. The maximum Gasteiger partial charge on any atom is 0.0931 e. The molecule has 1 saturated heterocycles. The van der Waals surface area contributed by atoms with Gasteiger partial charge in [0.1, 0.15) is 0 Å². The van der Waals surface area contributed by atoms with Crippen molar-refractivity contribution < 1.29 is 9.84 Å². The van der Waals surface area contributed by atoms with Gasteiger partial charge in [0, 0.05) is 37.0 Å². The SMILES string of the molecule is OCC1COCCN(Cc2ccc(Cl)s2)C1. The molecule has 2 rings (SSSR count). The Labute approximate surface area is 105 Å². The molecule has 0 radical (unpaired) electrons. The van der Waals surface area contributed by atoms with Crippen LogP contribution in [0, 0.1) is 5.92 Å². The van der Waals surface area contributed by atoms with Crippen LogP contribution in [-0.4, -0.2) is 42.9 Å². The van der Waals surface area contributed by atoms with Gasteiger partial charge in [0.15, 0.2) is 0 Å². The highest BCUT2D eigenvalue weighted by molar-refractivity contribution is 7.16. The predicted octanol–water partition coefficient (Wildman–Crippen LogP) is 1.84. The average molecular weight is 262 g/mol. The van der Waals surface area contributed by atoms with Crippen LogP contribution in [0.25, 0.3) is 0 Å². The quantitative estimate of drug-likeness (QED) is 0.901. The Kier molecular flexibility index (Phi) is 4.61. The third-order valence-corrected chi connectivity index (χ3v) is 3.90. The van der Waals surface area contributed by atoms with Crippen molar-refractivity contribution in [2.75, 3.05) is 32.9 Å². The fourth-order valence-electron chi connectivity index (χ4n) is 1.86. The van der Waals surface area contributed by atoms with Crippen LogP contribution in [0.2, 0.25) is 4.34 Å². The Morgan fingerprint density at radius 1 is 1.56 bits per heavy atom. The van der Waals surface area contributed by atoms with Crippen molar-refractivity contribution >= 4 is 22.9 Å². The number of nitrogens with zero attached hydrogens (tertiary/aromatic N) is 1. The highest BCUT2D eigenvalue weighted by atomic mass is 35.5. The van der Waals surface area contributed by atoms with Crippen molar-refractivity contribution in [2.45, 2.75) is 6.54 Å². The molecule has 1 aliphatic heterocycles. The molecule has 0 saturated carbocycles. The van der Waals surface area contributed by atoms with Crippen LogP contribution in [0.5, 0.6) is 0 Å². The summed E-state index contributed by atoms with van der Waals surface area (Å²) in [6.07, 6.45) is 0. The molecule has 1 aromatic rings. The molecule has 2 heterocycles. The highest BCUT2D eigenvalue weighted by Gasteiger charge is 2.18. The summed E-state index contributed by atoms with van der Waals surface area (Å²) in [6, 6.07) is 3.99. The lowest BCUT2D eigenvalue weighted by Crippen LogP contribution is -2.30. The van der Waals surface area contributed by atoms with Crippen molar-refractivity contribution in [1.82, 2.24) is 4.90 Å². The van der Waals surface area contributed by atoms with Crippen LogP contribution in [0.15, 0.2) is 12.1 Å². The van der Waals surface area contributed by atoms with Crippen molar-refractivity contribution in [3.8, 4) is 0 Å². The van der Waals surface area contributed by atoms with Crippen LogP contribution >= 0.6 is 22.9 Å². The first kappa shape index (κ1) is 12.3. The van der Waals surface area contributed by atoms with E-state index in [4.69, 9.17) is 16.3 Å². The lowest BCUT2D eigenvalue weighted by Gasteiger charge is -2.21. The number of hydrogen-bond acceptors (Lipinski definition) is 4. The number of ether oxygens (including phenoxy) is 1. The van der Waals surface area contributed by atoms with Gasteiger partial charge in [-0.05, 0) is 12.1 Å². The Bertz CT molecular complexity index is 332. The first-order valence-corrected chi connectivity index (χ1v) is 6.62. The van der Waals surface area contributed by atoms with Gasteiger partial charge in [0.2, 0.25) is 0 Å². The summed E-state index contributed by atoms with van der Waals surface area (Å²) in [5, 5.41) is 9.18. The van der Waals surface area contributed by atoms with E-state index in [1.807, 2.05) is 6.07 Å². The van der Waals surface area contributed by atoms with Gasteiger partial charge in [-0.15, -0.1) is 11.3 Å². The van der Waals surface area contributed by atoms with Crippen LogP contribution in [0.4, 0.5) is 0 Å². The van der Waals surface area contributed by atoms with E-state index in [-0.39, 0.29) is 12.5 Å². The summed E-state index contributed by atoms with van der Waals surface area (Å²) in [6.45, 7) is 4.32. The molecule has 16 heavy (non-hydrogen) atoms. The first-order chi connectivity index (χ1) is 7.78. The van der Waals surface area contributed by atoms with E-state index in [0.717, 1.165) is 30.6 Å². The number of rotatable bonds is 3. The molecule has 1 aromatic heterocycles. The van der Waals surface area contributed by atoms with Crippen molar-refractivity contribution in [3.63, 3.8) is 0 Å². The summed E-state index contributed by atoms with van der Waals surface area (Å²) in [4.78, 5) is 3.58. The molecule has 0 aromatic carbocycles. The Morgan fingerprint density at radius 2 is 2.44 bits per heavy atom. The molecular formula is C11H16ClNO2S. The normalized spacial score (nSPS) is 23.2. The molecule has 0 aliphatic carbocycles. The lowest BCUT2D eigenvalue weighted by molar-refractivity contribution is 0.0958. The molecule has 1 fully saturated rings. The second-order valence-electron chi connectivity index (χ2n) is 4.06. The topological polar surface area (TPSA) is 32.7 Å². The molecule has 1 aliphatic rings. The molecule has 1 atom stereocenters. The number of halogens is 1. The molecule has 0 amide bonds. The Morgan fingerprint density at radius 3 is 3.12 bits per heavy atom. The van der Waals surface area contributed by atoms with E-state index in [1.165, 1.54) is 4.88 Å². The maximum absolute atomic E-state index is 9.18. The van der Waals surface area contributed by atoms with E-state index in [1.54, 1.807) is 11.3 Å². The fraction of sp³-hybridized carbons (Fsp3) is 0.636. The zero-order valence-electron chi connectivity index (χ0n) is 9.06. The van der Waals surface area contributed by atoms with Gasteiger partial charge in [-0.1, -0.05) is 11.6 Å². The van der Waals surface area contributed by atoms with Crippen LogP contribution in [0.1, 0.15) is 4.88 Å². The molecule has 1 N–H and O–H groups in total. The second kappa shape index (κ2) is 5.98. The van der Waals surface area contributed by atoms with Gasteiger partial charge in [-0.25, -0.2) is 0 Å². The van der Waals surface area contributed by atoms with Gasteiger partial charge in [-0.2, -0.15) is 0 Å². The fourth-order valence-corrected chi connectivity index (χ4v) is 2.99. The molecule has 0 bridgehead atoms. The minimum atomic E-state index is 0.196. The molecule has 3 nitrogen and oxygen atoms in total. The van der Waals surface area contributed by atoms with Crippen LogP contribution in [0.3, 0.4) is 0 Å². The molecule has 5 heteroatoms. The molecular weight excluding hydrogens is 246 g/mol. The molecule has 1 unspecified atom stereocenters. The predicted molar refractivity (Wildman–Crippen MR) is 66.0 cm³/mol. The van der Waals surface area contributed by atoms with Crippen molar-refractivity contribution in [3.05, 3.63) is 21.3 Å². The number of hydrogen-bond donors (Lipinski definition) is 1. The Hall–Kier alpha value is -0.130. The second-order valence-corrected chi connectivity index (χ2v) is 5.86. The maximum atomic E-state index is 9.18. The first-order valence-electron chi connectivity index (χ1n) is 5.43. The largest absolute Gasteiger partial charge is 0.396 e. The van der Waals surface area contributed by atoms with Gasteiger partial charge < -0.3 is 9.84 Å². The minimum Gasteiger partial charge on any atom is -0.396 e. The van der Waals surface area contributed by atoms with Gasteiger partial charge >= 0.3 is 0 Å². The summed E-state index contributed by atoms with van der Waals surface area (Å²) in [5.74, 6) is 0.234. The van der Waals surface area contributed by atoms with Crippen molar-refractivity contribution in [1.29, 1.82) is 0 Å². The Balaban J connectivity index is 1.92. The molecule has 90 valence electrons. The smallest absolute Gasteiger partial charge is 0.0931 e. The summed E-state index contributed by atoms with van der Waals surface area (Å²) < 4.78 is 6.28. The average Bonchev–Trinajstić information content (AvgIpc) is 2.55. The monoisotopic (exact) mass is 261 g/mol. The minimum absolute atomic E-state index is 0.196. The number of aliphatic hydroxyl groups is 1. The zero-order chi connectivity index (χ0) is 11.4. The molecule has 0 spiro atoms. The van der Waals surface area contributed by atoms with E-state index >= 15 is 0 Å². The van der Waals surface area contributed by atoms with E-state index in [9.17, 15) is 5.11 Å². The third-order valence-electron chi connectivity index (χ3n) is 2.69. The summed E-state index contributed by atoms with van der Waals surface area (Å²) in [7, 11) is 0. The van der Waals surface area contributed by atoms with E-state index in [0.29, 0.717) is 6.61 Å².